The van der Waals surface area contributed by atoms with E-state index in [1.165, 1.54) is 5.56 Å². The highest BCUT2D eigenvalue weighted by Gasteiger charge is 2.27. The summed E-state index contributed by atoms with van der Waals surface area (Å²) in [7, 11) is 1.61. The van der Waals surface area contributed by atoms with E-state index in [1.54, 1.807) is 26.2 Å². The molecule has 0 radical (unpaired) electrons. The average Bonchev–Trinajstić information content (AvgIpc) is 3.17. The van der Waals surface area contributed by atoms with Crippen molar-refractivity contribution in [3.8, 4) is 29.3 Å². The number of rotatable bonds is 11. The van der Waals surface area contributed by atoms with Crippen molar-refractivity contribution in [2.24, 2.45) is 11.8 Å². The Morgan fingerprint density at radius 3 is 2.70 bits per heavy atom. The number of benzene rings is 4. The molecule has 1 aliphatic carbocycles. The summed E-state index contributed by atoms with van der Waals surface area (Å²) in [5.41, 5.74) is 4.91. The van der Waals surface area contributed by atoms with Crippen LogP contribution in [0, 0.1) is 23.9 Å². The van der Waals surface area contributed by atoms with Gasteiger partial charge in [-0.3, -0.25) is 4.79 Å². The molecule has 4 atom stereocenters. The number of hydrogen-bond donors (Lipinski definition) is 4. The monoisotopic (exact) mass is 729 g/mol. The van der Waals surface area contributed by atoms with Crippen molar-refractivity contribution in [2.45, 2.75) is 83.5 Å². The van der Waals surface area contributed by atoms with Gasteiger partial charge >= 0.3 is 0 Å². The number of nitrogens with one attached hydrogen (secondary N) is 1. The van der Waals surface area contributed by atoms with Crippen molar-refractivity contribution >= 4 is 22.2 Å². The van der Waals surface area contributed by atoms with E-state index in [0.717, 1.165) is 53.3 Å². The first-order valence-electron chi connectivity index (χ1n) is 19.0. The number of aromatic hydroxyl groups is 1. The Morgan fingerprint density at radius 1 is 0.981 bits per heavy atom. The van der Waals surface area contributed by atoms with Crippen molar-refractivity contribution in [3.05, 3.63) is 119 Å². The molecule has 54 heavy (non-hydrogen) atoms. The third-order valence-electron chi connectivity index (χ3n) is 10.3. The van der Waals surface area contributed by atoms with E-state index in [1.807, 2.05) is 54.6 Å². The van der Waals surface area contributed by atoms with Crippen molar-refractivity contribution in [1.29, 1.82) is 0 Å². The third-order valence-corrected chi connectivity index (χ3v) is 10.3. The summed E-state index contributed by atoms with van der Waals surface area (Å²) in [5.74, 6) is 4.95. The molecule has 4 aromatic carbocycles. The van der Waals surface area contributed by atoms with Crippen LogP contribution in [0.3, 0.4) is 0 Å². The van der Waals surface area contributed by atoms with Crippen molar-refractivity contribution in [3.63, 3.8) is 0 Å². The smallest absolute Gasteiger partial charge is 0.161 e. The van der Waals surface area contributed by atoms with Crippen LogP contribution in [0.25, 0.3) is 10.8 Å². The van der Waals surface area contributed by atoms with E-state index in [-0.39, 0.29) is 42.0 Å². The highest BCUT2D eigenvalue weighted by molar-refractivity contribution is 5.88. The largest absolute Gasteiger partial charge is 0.508 e. The van der Waals surface area contributed by atoms with E-state index in [9.17, 15) is 20.1 Å². The van der Waals surface area contributed by atoms with Crippen molar-refractivity contribution in [1.82, 2.24) is 0 Å². The molecule has 4 aromatic rings. The lowest BCUT2D eigenvalue weighted by molar-refractivity contribution is -0.121. The predicted molar refractivity (Wildman–Crippen MR) is 213 cm³/mol. The first kappa shape index (κ1) is 38.3. The number of hydrogen-bond acceptors (Lipinski definition) is 8. The molecule has 3 aliphatic rings. The van der Waals surface area contributed by atoms with Crippen LogP contribution in [0.1, 0.15) is 67.7 Å². The number of aliphatic hydroxyl groups excluding tert-OH is 2. The number of fused-ring (bicyclic) bond motifs is 9. The van der Waals surface area contributed by atoms with Gasteiger partial charge in [0.15, 0.2) is 11.5 Å². The van der Waals surface area contributed by atoms with E-state index in [4.69, 9.17) is 14.2 Å². The zero-order valence-electron chi connectivity index (χ0n) is 31.2. The summed E-state index contributed by atoms with van der Waals surface area (Å²) in [4.78, 5) is 13.5. The number of phenols is 1. The van der Waals surface area contributed by atoms with E-state index in [0.29, 0.717) is 49.5 Å². The number of Topliss-reactive ketones (excluding diaryl/α,β-unsaturated/α-hetero) is 1. The predicted octanol–water partition coefficient (Wildman–Crippen LogP) is 8.77. The Hall–Kier alpha value is -5.39. The number of methoxy groups -OCH3 is 1. The molecule has 0 saturated carbocycles. The maximum atomic E-state index is 13.5. The second-order valence-electron chi connectivity index (χ2n) is 14.5. The molecule has 4 N–H and O–H groups in total. The Morgan fingerprint density at radius 2 is 1.85 bits per heavy atom. The number of unbranched alkanes of at least 4 members (excludes halogenated alkanes) is 1. The lowest BCUT2D eigenvalue weighted by Crippen LogP contribution is -2.24. The second-order valence-corrected chi connectivity index (χ2v) is 14.5. The molecule has 282 valence electrons. The van der Waals surface area contributed by atoms with Gasteiger partial charge in [0.1, 0.15) is 36.1 Å². The fraction of sp³-hybridized carbons (Fsp3) is 0.370. The molecule has 0 fully saturated rings. The zero-order chi connectivity index (χ0) is 37.9. The first-order valence-corrected chi connectivity index (χ1v) is 19.0. The molecule has 2 aliphatic heterocycles. The summed E-state index contributed by atoms with van der Waals surface area (Å²) >= 11 is 0. The van der Waals surface area contributed by atoms with Crippen molar-refractivity contribution in [2.75, 3.05) is 19.0 Å². The molecule has 0 unspecified atom stereocenters. The van der Waals surface area contributed by atoms with Gasteiger partial charge in [-0.15, -0.1) is 0 Å². The van der Waals surface area contributed by atoms with Crippen LogP contribution < -0.4 is 14.8 Å². The summed E-state index contributed by atoms with van der Waals surface area (Å²) in [6, 6.07) is 23.7. The van der Waals surface area contributed by atoms with Gasteiger partial charge in [0, 0.05) is 37.1 Å². The molecule has 8 nitrogen and oxygen atoms in total. The van der Waals surface area contributed by atoms with Gasteiger partial charge in [-0.1, -0.05) is 54.8 Å². The fourth-order valence-electron chi connectivity index (χ4n) is 7.35. The van der Waals surface area contributed by atoms with E-state index in [2.05, 4.69) is 41.6 Å². The Bertz CT molecular complexity index is 2040. The van der Waals surface area contributed by atoms with Gasteiger partial charge in [0.05, 0.1) is 13.2 Å². The minimum Gasteiger partial charge on any atom is -0.508 e. The van der Waals surface area contributed by atoms with Gasteiger partial charge in [-0.2, -0.15) is 0 Å². The molecular weight excluding hydrogens is 679 g/mol. The molecule has 0 saturated heterocycles. The number of carbonyl (C=O) groups excluding carboxylic acids is 1. The maximum absolute atomic E-state index is 13.5. The Labute approximate surface area is 318 Å². The average molecular weight is 730 g/mol. The van der Waals surface area contributed by atoms with Crippen LogP contribution in [0.4, 0.5) is 5.69 Å². The topological polar surface area (TPSA) is 117 Å². The third kappa shape index (κ3) is 10.6. The first-order chi connectivity index (χ1) is 26.2. The summed E-state index contributed by atoms with van der Waals surface area (Å²) < 4.78 is 18.0. The quantitative estimate of drug-likeness (QED) is 0.0895. The number of anilines is 1. The molecular formula is C46H51NO7. The van der Waals surface area contributed by atoms with Gasteiger partial charge in [0.25, 0.3) is 0 Å². The molecule has 7 rings (SSSR count). The number of carbonyl (C=O) groups is 1. The number of aryl methyl sites for hydroxylation is 2. The molecule has 8 heteroatoms. The van der Waals surface area contributed by atoms with Gasteiger partial charge in [-0.25, -0.2) is 0 Å². The number of aliphatic hydroxyl groups is 2. The SMILES string of the molecule is COc1ccc2cc1OCc1ccc3c(c(O)ccc3c1)CC#CO[C@H](C[C@@H]1C=C(O)C=C[C@@H]1CCCCc1cccc(NC[C@H](C)O)c1)CC(=O)CC2. The molecule has 6 bridgehead atoms. The molecule has 0 aromatic heterocycles. The van der Waals surface area contributed by atoms with Crippen LogP contribution >= 0.6 is 0 Å². The lowest BCUT2D eigenvalue weighted by atomic mass is 9.80. The second kappa shape index (κ2) is 18.6. The highest BCUT2D eigenvalue weighted by Crippen LogP contribution is 2.34. The van der Waals surface area contributed by atoms with Gasteiger partial charge in [0.2, 0.25) is 0 Å². The number of allylic oxidation sites excluding steroid dienone is 3. The summed E-state index contributed by atoms with van der Waals surface area (Å²) in [6.45, 7) is 2.61. The minimum absolute atomic E-state index is 0.0261. The number of ether oxygens (including phenoxy) is 3. The van der Waals surface area contributed by atoms with Crippen molar-refractivity contribution < 1.29 is 34.3 Å². The van der Waals surface area contributed by atoms with Crippen LogP contribution in [-0.2, 0) is 35.4 Å². The van der Waals surface area contributed by atoms with Crippen LogP contribution in [0.15, 0.2) is 96.8 Å². The highest BCUT2D eigenvalue weighted by atomic mass is 16.5. The fourth-order valence-corrected chi connectivity index (χ4v) is 7.35. The van der Waals surface area contributed by atoms with Crippen LogP contribution in [0.5, 0.6) is 17.2 Å². The maximum Gasteiger partial charge on any atom is 0.161 e. The van der Waals surface area contributed by atoms with Crippen LogP contribution in [0.2, 0.25) is 0 Å². The van der Waals surface area contributed by atoms with E-state index >= 15 is 0 Å². The standard InChI is InChI=1S/C46H51NO7/c1-31(48)29-47-38-10-5-8-32(24-38)7-3-4-9-35-15-18-39(49)26-37(35)27-41-28-40(50)17-12-33-14-21-45(52-2)46(25-33)54-30-34-13-19-42-36(23-34)16-20-44(51)43(42)11-6-22-53-41/h5,8,10,13-16,18-21,23-26,31,35,37,41,47-49,51H,3-4,7,9,11-12,17,27-30H2,1-2H3/t31-,35-,37-,41+/m0/s1. The zero-order valence-corrected chi connectivity index (χ0v) is 31.2. The molecule has 0 amide bonds. The minimum atomic E-state index is -0.481. The number of phenolic OH excluding ortho intramolecular Hbond substituents is 1. The molecule has 0 spiro atoms. The van der Waals surface area contributed by atoms with Gasteiger partial charge < -0.3 is 34.8 Å². The van der Waals surface area contributed by atoms with Crippen LogP contribution in [-0.4, -0.2) is 47.0 Å². The van der Waals surface area contributed by atoms with E-state index < -0.39 is 12.2 Å². The Balaban J connectivity index is 1.17. The lowest BCUT2D eigenvalue weighted by Gasteiger charge is -2.28. The van der Waals surface area contributed by atoms with Gasteiger partial charge in [-0.05, 0) is 127 Å². The molecule has 2 heterocycles. The number of ketones is 1. The summed E-state index contributed by atoms with van der Waals surface area (Å²) in [6.07, 6.45) is 13.5. The normalized spacial score (nSPS) is 19.4. The summed E-state index contributed by atoms with van der Waals surface area (Å²) in [5, 5.41) is 36.1. The Kier molecular flexibility index (Phi) is 13.2.